The van der Waals surface area contributed by atoms with Crippen LogP contribution < -0.4 is 20.1 Å². The number of nitrogens with one attached hydrogen (secondary N) is 2. The summed E-state index contributed by atoms with van der Waals surface area (Å²) < 4.78 is 11.2. The molecule has 5 nitrogen and oxygen atoms in total. The molecule has 3 aromatic rings. The first-order valence-corrected chi connectivity index (χ1v) is 9.76. The summed E-state index contributed by atoms with van der Waals surface area (Å²) in [5.41, 5.74) is 2.21. The Morgan fingerprint density at radius 1 is 0.900 bits per heavy atom. The molecule has 0 saturated carbocycles. The average Bonchev–Trinajstić information content (AvgIpc) is 2.75. The number of rotatable bonds is 9. The summed E-state index contributed by atoms with van der Waals surface area (Å²) in [6, 6.07) is 22.3. The van der Waals surface area contributed by atoms with E-state index < -0.39 is 0 Å². The van der Waals surface area contributed by atoms with Crippen molar-refractivity contribution in [3.05, 3.63) is 78.4 Å². The first-order valence-electron chi connectivity index (χ1n) is 9.76. The second kappa shape index (κ2) is 11.7. The molecular weight excluding hydrogens is 400 g/mol. The Morgan fingerprint density at radius 3 is 2.27 bits per heavy atom. The van der Waals surface area contributed by atoms with Crippen LogP contribution in [0.15, 0.2) is 72.8 Å². The van der Waals surface area contributed by atoms with Gasteiger partial charge in [0.25, 0.3) is 5.91 Å². The van der Waals surface area contributed by atoms with Crippen LogP contribution in [0.5, 0.6) is 17.2 Å². The van der Waals surface area contributed by atoms with E-state index in [2.05, 4.69) is 17.6 Å². The SMILES string of the molecule is CCCCNc1ccc(NC(=O)c2ccc(Oc3ccccc3)cc2OC)cc1.Cl. The lowest BCUT2D eigenvalue weighted by Crippen LogP contribution is -2.13. The van der Waals surface area contributed by atoms with Crippen LogP contribution in [0.3, 0.4) is 0 Å². The lowest BCUT2D eigenvalue weighted by molar-refractivity contribution is 0.102. The van der Waals surface area contributed by atoms with E-state index in [4.69, 9.17) is 9.47 Å². The third-order valence-electron chi connectivity index (χ3n) is 4.40. The Balaban J connectivity index is 0.00000320. The van der Waals surface area contributed by atoms with Crippen molar-refractivity contribution in [2.45, 2.75) is 19.8 Å². The van der Waals surface area contributed by atoms with Crippen LogP contribution in [-0.2, 0) is 0 Å². The lowest BCUT2D eigenvalue weighted by atomic mass is 10.1. The van der Waals surface area contributed by atoms with Gasteiger partial charge in [0.05, 0.1) is 12.7 Å². The van der Waals surface area contributed by atoms with Gasteiger partial charge in [0.2, 0.25) is 0 Å². The van der Waals surface area contributed by atoms with Crippen molar-refractivity contribution in [2.24, 2.45) is 0 Å². The third kappa shape index (κ3) is 6.42. The van der Waals surface area contributed by atoms with Crippen LogP contribution in [0.25, 0.3) is 0 Å². The molecule has 158 valence electrons. The first-order chi connectivity index (χ1) is 14.2. The molecule has 0 radical (unpaired) electrons. The molecule has 0 aliphatic rings. The second-order valence-corrected chi connectivity index (χ2v) is 6.59. The molecule has 0 unspecified atom stereocenters. The van der Waals surface area contributed by atoms with Gasteiger partial charge in [-0.2, -0.15) is 0 Å². The molecule has 0 saturated heterocycles. The summed E-state index contributed by atoms with van der Waals surface area (Å²) in [6.07, 6.45) is 2.28. The molecule has 0 atom stereocenters. The minimum Gasteiger partial charge on any atom is -0.496 e. The number of unbranched alkanes of at least 4 members (excludes halogenated alkanes) is 1. The predicted octanol–water partition coefficient (Wildman–Crippen LogP) is 6.37. The quantitative estimate of drug-likeness (QED) is 0.390. The van der Waals surface area contributed by atoms with Gasteiger partial charge in [0.1, 0.15) is 17.2 Å². The number of carbonyl (C=O) groups excluding carboxylic acids is 1. The first kappa shape index (κ1) is 23.1. The smallest absolute Gasteiger partial charge is 0.259 e. The lowest BCUT2D eigenvalue weighted by Gasteiger charge is -2.12. The predicted molar refractivity (Wildman–Crippen MR) is 125 cm³/mol. The molecule has 2 N–H and O–H groups in total. The molecule has 30 heavy (non-hydrogen) atoms. The van der Waals surface area contributed by atoms with Crippen LogP contribution in [0.1, 0.15) is 30.1 Å². The fourth-order valence-electron chi connectivity index (χ4n) is 2.83. The fraction of sp³-hybridized carbons (Fsp3) is 0.208. The number of carbonyl (C=O) groups is 1. The Bertz CT molecular complexity index is 931. The van der Waals surface area contributed by atoms with Crippen molar-refractivity contribution in [1.82, 2.24) is 0 Å². The number of amides is 1. The Hall–Kier alpha value is -3.18. The second-order valence-electron chi connectivity index (χ2n) is 6.59. The largest absolute Gasteiger partial charge is 0.496 e. The van der Waals surface area contributed by atoms with Crippen LogP contribution >= 0.6 is 12.4 Å². The summed E-state index contributed by atoms with van der Waals surface area (Å²) in [7, 11) is 1.54. The van der Waals surface area contributed by atoms with Gasteiger partial charge >= 0.3 is 0 Å². The van der Waals surface area contributed by atoms with Gasteiger partial charge in [0.15, 0.2) is 0 Å². The van der Waals surface area contributed by atoms with Crippen molar-refractivity contribution in [3.8, 4) is 17.2 Å². The Labute approximate surface area is 183 Å². The molecule has 0 aliphatic heterocycles. The molecule has 0 aromatic heterocycles. The van der Waals surface area contributed by atoms with Gasteiger partial charge < -0.3 is 20.1 Å². The Morgan fingerprint density at radius 2 is 1.60 bits per heavy atom. The highest BCUT2D eigenvalue weighted by Gasteiger charge is 2.14. The molecule has 1 amide bonds. The number of hydrogen-bond acceptors (Lipinski definition) is 4. The van der Waals surface area contributed by atoms with E-state index in [1.54, 1.807) is 18.2 Å². The number of anilines is 2. The van der Waals surface area contributed by atoms with Gasteiger partial charge in [-0.3, -0.25) is 4.79 Å². The third-order valence-corrected chi connectivity index (χ3v) is 4.40. The van der Waals surface area contributed by atoms with E-state index in [1.807, 2.05) is 54.6 Å². The van der Waals surface area contributed by atoms with Gasteiger partial charge in [-0.15, -0.1) is 12.4 Å². The van der Waals surface area contributed by atoms with E-state index >= 15 is 0 Å². The van der Waals surface area contributed by atoms with Crippen LogP contribution in [0, 0.1) is 0 Å². The van der Waals surface area contributed by atoms with Crippen LogP contribution in [-0.4, -0.2) is 19.6 Å². The minimum atomic E-state index is -0.236. The summed E-state index contributed by atoms with van der Waals surface area (Å²) >= 11 is 0. The number of ether oxygens (including phenoxy) is 2. The fourth-order valence-corrected chi connectivity index (χ4v) is 2.83. The van der Waals surface area contributed by atoms with Crippen molar-refractivity contribution in [3.63, 3.8) is 0 Å². The maximum Gasteiger partial charge on any atom is 0.259 e. The van der Waals surface area contributed by atoms with Gasteiger partial charge in [-0.25, -0.2) is 0 Å². The molecular formula is C24H27ClN2O3. The molecule has 3 rings (SSSR count). The number of halogens is 1. The zero-order valence-electron chi connectivity index (χ0n) is 17.2. The van der Waals surface area contributed by atoms with E-state index in [0.717, 1.165) is 36.5 Å². The van der Waals surface area contributed by atoms with E-state index in [9.17, 15) is 4.79 Å². The number of hydrogen-bond donors (Lipinski definition) is 2. The molecule has 0 aliphatic carbocycles. The zero-order valence-corrected chi connectivity index (χ0v) is 18.0. The van der Waals surface area contributed by atoms with Crippen molar-refractivity contribution in [1.29, 1.82) is 0 Å². The average molecular weight is 427 g/mol. The summed E-state index contributed by atoms with van der Waals surface area (Å²) in [5, 5.41) is 6.26. The number of benzene rings is 3. The maximum atomic E-state index is 12.7. The minimum absolute atomic E-state index is 0. The summed E-state index contributed by atoms with van der Waals surface area (Å²) in [6.45, 7) is 3.10. The monoisotopic (exact) mass is 426 g/mol. The van der Waals surface area contributed by atoms with Crippen molar-refractivity contribution >= 4 is 29.7 Å². The summed E-state index contributed by atoms with van der Waals surface area (Å²) in [4.78, 5) is 12.7. The summed E-state index contributed by atoms with van der Waals surface area (Å²) in [5.74, 6) is 1.54. The van der Waals surface area contributed by atoms with Gasteiger partial charge in [-0.1, -0.05) is 31.5 Å². The molecule has 0 heterocycles. The maximum absolute atomic E-state index is 12.7. The normalized spacial score (nSPS) is 9.93. The molecule has 0 spiro atoms. The van der Waals surface area contributed by atoms with Crippen molar-refractivity contribution < 1.29 is 14.3 Å². The van der Waals surface area contributed by atoms with E-state index in [-0.39, 0.29) is 18.3 Å². The van der Waals surface area contributed by atoms with E-state index in [0.29, 0.717) is 17.1 Å². The van der Waals surface area contributed by atoms with E-state index in [1.165, 1.54) is 7.11 Å². The molecule has 0 bridgehead atoms. The highest BCUT2D eigenvalue weighted by Crippen LogP contribution is 2.29. The highest BCUT2D eigenvalue weighted by atomic mass is 35.5. The zero-order chi connectivity index (χ0) is 20.5. The molecule has 0 fully saturated rings. The van der Waals surface area contributed by atoms with Gasteiger partial charge in [0, 0.05) is 24.0 Å². The topological polar surface area (TPSA) is 59.6 Å². The van der Waals surface area contributed by atoms with Crippen LogP contribution in [0.2, 0.25) is 0 Å². The molecule has 6 heteroatoms. The standard InChI is InChI=1S/C24H26N2O3.ClH/c1-3-4-16-25-18-10-12-19(13-11-18)26-24(27)22-15-14-21(17-23(22)28-2)29-20-8-6-5-7-9-20;/h5-15,17,25H,3-4,16H2,1-2H3,(H,26,27);1H. The number of para-hydroxylation sites is 1. The van der Waals surface area contributed by atoms with Gasteiger partial charge in [-0.05, 0) is 55.0 Å². The highest BCUT2D eigenvalue weighted by molar-refractivity contribution is 6.06. The molecule has 3 aromatic carbocycles. The Kier molecular flexibility index (Phi) is 9.03. The van der Waals surface area contributed by atoms with Crippen LogP contribution in [0.4, 0.5) is 11.4 Å². The number of methoxy groups -OCH3 is 1. The van der Waals surface area contributed by atoms with Crippen molar-refractivity contribution in [2.75, 3.05) is 24.3 Å².